The molecular weight excluding hydrogens is 230 g/mol. The summed E-state index contributed by atoms with van der Waals surface area (Å²) < 4.78 is 5.35. The molecule has 1 fully saturated rings. The quantitative estimate of drug-likeness (QED) is 0.789. The Morgan fingerprint density at radius 3 is 2.44 bits per heavy atom. The second-order valence-electron chi connectivity index (χ2n) is 5.80. The number of allylic oxidation sites excluding steroid dienone is 1. The van der Waals surface area contributed by atoms with E-state index in [4.69, 9.17) is 9.84 Å². The van der Waals surface area contributed by atoms with Gasteiger partial charge in [0.1, 0.15) is 5.60 Å². The maximum atomic E-state index is 11.8. The summed E-state index contributed by atoms with van der Waals surface area (Å²) >= 11 is 0. The van der Waals surface area contributed by atoms with Crippen LogP contribution in [0, 0.1) is 5.92 Å². The number of aliphatic hydroxyl groups excluding tert-OH is 1. The van der Waals surface area contributed by atoms with E-state index in [0.717, 1.165) is 32.4 Å². The number of carbonyl (C=O) groups excluding carboxylic acids is 1. The first-order valence-electron chi connectivity index (χ1n) is 6.66. The highest BCUT2D eigenvalue weighted by Gasteiger charge is 2.26. The number of carbonyl (C=O) groups is 1. The summed E-state index contributed by atoms with van der Waals surface area (Å²) in [5.74, 6) is 0.617. The third kappa shape index (κ3) is 5.54. The van der Waals surface area contributed by atoms with Crippen molar-refractivity contribution >= 4 is 6.09 Å². The lowest BCUT2D eigenvalue weighted by molar-refractivity contribution is 0.0185. The van der Waals surface area contributed by atoms with Crippen LogP contribution in [0.5, 0.6) is 0 Å². The molecule has 4 heteroatoms. The van der Waals surface area contributed by atoms with E-state index in [0.29, 0.717) is 5.92 Å². The van der Waals surface area contributed by atoms with Crippen LogP contribution in [0.15, 0.2) is 12.2 Å². The van der Waals surface area contributed by atoms with Gasteiger partial charge in [-0.1, -0.05) is 12.2 Å². The first kappa shape index (κ1) is 15.0. The van der Waals surface area contributed by atoms with Gasteiger partial charge in [-0.2, -0.15) is 0 Å². The van der Waals surface area contributed by atoms with Gasteiger partial charge in [0, 0.05) is 13.1 Å². The van der Waals surface area contributed by atoms with Gasteiger partial charge in [-0.3, -0.25) is 0 Å². The summed E-state index contributed by atoms with van der Waals surface area (Å²) in [4.78, 5) is 13.6. The second kappa shape index (κ2) is 6.78. The van der Waals surface area contributed by atoms with Gasteiger partial charge in [0.15, 0.2) is 0 Å². The predicted octanol–water partition coefficient (Wildman–Crippen LogP) is 2.57. The molecule has 1 heterocycles. The predicted molar refractivity (Wildman–Crippen MR) is 71.4 cm³/mol. The van der Waals surface area contributed by atoms with Crippen molar-refractivity contribution < 1.29 is 14.6 Å². The molecule has 104 valence electrons. The Morgan fingerprint density at radius 2 is 1.94 bits per heavy atom. The van der Waals surface area contributed by atoms with E-state index in [1.165, 1.54) is 0 Å². The molecule has 0 bridgehead atoms. The smallest absolute Gasteiger partial charge is 0.410 e. The Labute approximate surface area is 110 Å². The maximum Gasteiger partial charge on any atom is 0.410 e. The number of hydrogen-bond acceptors (Lipinski definition) is 3. The standard InChI is InChI=1S/C14H25NO3/c1-14(2,3)18-13(17)15-9-7-12(8-10-15)6-4-5-11-16/h4-5,12,16H,6-11H2,1-3H3/b5-4-. The van der Waals surface area contributed by atoms with Crippen molar-refractivity contribution in [3.63, 3.8) is 0 Å². The first-order chi connectivity index (χ1) is 8.42. The van der Waals surface area contributed by atoms with Crippen LogP contribution in [-0.4, -0.2) is 41.4 Å². The fraction of sp³-hybridized carbons (Fsp3) is 0.786. The molecule has 0 atom stereocenters. The normalized spacial score (nSPS) is 18.3. The molecule has 0 aromatic rings. The summed E-state index contributed by atoms with van der Waals surface area (Å²) in [5.41, 5.74) is -0.419. The summed E-state index contributed by atoms with van der Waals surface area (Å²) in [7, 11) is 0. The second-order valence-corrected chi connectivity index (χ2v) is 5.80. The Kier molecular flexibility index (Phi) is 5.66. The van der Waals surface area contributed by atoms with Crippen LogP contribution in [0.1, 0.15) is 40.0 Å². The molecule has 0 saturated carbocycles. The van der Waals surface area contributed by atoms with E-state index in [-0.39, 0.29) is 12.7 Å². The third-order valence-corrected chi connectivity index (χ3v) is 3.01. The topological polar surface area (TPSA) is 49.8 Å². The lowest BCUT2D eigenvalue weighted by Gasteiger charge is -2.33. The van der Waals surface area contributed by atoms with Crippen LogP contribution in [0.3, 0.4) is 0 Å². The van der Waals surface area contributed by atoms with Crippen molar-refractivity contribution in [2.24, 2.45) is 5.92 Å². The van der Waals surface area contributed by atoms with Crippen molar-refractivity contribution in [2.45, 2.75) is 45.6 Å². The van der Waals surface area contributed by atoms with Crippen LogP contribution in [0.2, 0.25) is 0 Å². The molecule has 1 aliphatic heterocycles. The largest absolute Gasteiger partial charge is 0.444 e. The number of amides is 1. The molecule has 18 heavy (non-hydrogen) atoms. The van der Waals surface area contributed by atoms with E-state index in [2.05, 4.69) is 0 Å². The fourth-order valence-electron chi connectivity index (χ4n) is 2.04. The zero-order valence-corrected chi connectivity index (χ0v) is 11.7. The molecule has 0 spiro atoms. The van der Waals surface area contributed by atoms with Crippen LogP contribution >= 0.6 is 0 Å². The number of likely N-dealkylation sites (tertiary alicyclic amines) is 1. The zero-order chi connectivity index (χ0) is 13.6. The van der Waals surface area contributed by atoms with Crippen molar-refractivity contribution in [1.29, 1.82) is 0 Å². The molecule has 1 rings (SSSR count). The number of aliphatic hydroxyl groups is 1. The van der Waals surface area contributed by atoms with Gasteiger partial charge in [-0.25, -0.2) is 4.79 Å². The Morgan fingerprint density at radius 1 is 1.33 bits per heavy atom. The van der Waals surface area contributed by atoms with Crippen molar-refractivity contribution in [1.82, 2.24) is 4.90 Å². The van der Waals surface area contributed by atoms with E-state index >= 15 is 0 Å². The van der Waals surface area contributed by atoms with Gasteiger partial charge in [0.25, 0.3) is 0 Å². The van der Waals surface area contributed by atoms with Crippen LogP contribution in [0.25, 0.3) is 0 Å². The average molecular weight is 255 g/mol. The highest BCUT2D eigenvalue weighted by Crippen LogP contribution is 2.22. The maximum absolute atomic E-state index is 11.8. The van der Waals surface area contributed by atoms with Crippen LogP contribution < -0.4 is 0 Å². The van der Waals surface area contributed by atoms with E-state index in [1.807, 2.05) is 26.8 Å². The van der Waals surface area contributed by atoms with Gasteiger partial charge in [0.2, 0.25) is 0 Å². The van der Waals surface area contributed by atoms with Crippen molar-refractivity contribution in [2.75, 3.05) is 19.7 Å². The molecule has 0 aliphatic carbocycles. The molecule has 1 aliphatic rings. The van der Waals surface area contributed by atoms with Gasteiger partial charge in [-0.05, 0) is 46.0 Å². The zero-order valence-electron chi connectivity index (χ0n) is 11.7. The molecule has 0 unspecified atom stereocenters. The monoisotopic (exact) mass is 255 g/mol. The van der Waals surface area contributed by atoms with Crippen LogP contribution in [-0.2, 0) is 4.74 Å². The minimum Gasteiger partial charge on any atom is -0.444 e. The lowest BCUT2D eigenvalue weighted by atomic mass is 9.93. The molecule has 1 saturated heterocycles. The van der Waals surface area contributed by atoms with Crippen molar-refractivity contribution in [3.8, 4) is 0 Å². The van der Waals surface area contributed by atoms with E-state index < -0.39 is 5.60 Å². The van der Waals surface area contributed by atoms with Gasteiger partial charge in [0.05, 0.1) is 6.61 Å². The highest BCUT2D eigenvalue weighted by molar-refractivity contribution is 5.68. The summed E-state index contributed by atoms with van der Waals surface area (Å²) in [5, 5.41) is 8.66. The van der Waals surface area contributed by atoms with Gasteiger partial charge < -0.3 is 14.7 Å². The summed E-state index contributed by atoms with van der Waals surface area (Å²) in [6.07, 6.45) is 6.60. The molecule has 0 radical (unpaired) electrons. The number of hydrogen-bond donors (Lipinski definition) is 1. The minimum atomic E-state index is -0.419. The Bertz CT molecular complexity index is 286. The highest BCUT2D eigenvalue weighted by atomic mass is 16.6. The van der Waals surface area contributed by atoms with Gasteiger partial charge in [-0.15, -0.1) is 0 Å². The van der Waals surface area contributed by atoms with Gasteiger partial charge >= 0.3 is 6.09 Å². The number of ether oxygens (including phenoxy) is 1. The van der Waals surface area contributed by atoms with E-state index in [1.54, 1.807) is 11.0 Å². The molecule has 0 aromatic heterocycles. The average Bonchev–Trinajstić information content (AvgIpc) is 2.28. The summed E-state index contributed by atoms with van der Waals surface area (Å²) in [6, 6.07) is 0. The first-order valence-corrected chi connectivity index (χ1v) is 6.66. The SMILES string of the molecule is CC(C)(C)OC(=O)N1CCC(C/C=C\CO)CC1. The third-order valence-electron chi connectivity index (χ3n) is 3.01. The number of piperidine rings is 1. The fourth-order valence-corrected chi connectivity index (χ4v) is 2.04. The Hall–Kier alpha value is -1.03. The van der Waals surface area contributed by atoms with Crippen molar-refractivity contribution in [3.05, 3.63) is 12.2 Å². The number of nitrogens with zero attached hydrogens (tertiary/aromatic N) is 1. The molecule has 1 amide bonds. The Balaban J connectivity index is 2.30. The molecule has 0 aromatic carbocycles. The molecule has 4 nitrogen and oxygen atoms in total. The van der Waals surface area contributed by atoms with E-state index in [9.17, 15) is 4.79 Å². The lowest BCUT2D eigenvalue weighted by Crippen LogP contribution is -2.41. The summed E-state index contributed by atoms with van der Waals surface area (Å²) in [6.45, 7) is 7.31. The van der Waals surface area contributed by atoms with Crippen LogP contribution in [0.4, 0.5) is 4.79 Å². The minimum absolute atomic E-state index is 0.108. The molecular formula is C14H25NO3. The number of rotatable bonds is 3. The molecule has 1 N–H and O–H groups in total.